The third-order valence-corrected chi connectivity index (χ3v) is 2.32. The predicted octanol–water partition coefficient (Wildman–Crippen LogP) is 1.56. The van der Waals surface area contributed by atoms with Gasteiger partial charge in [0.05, 0.1) is 6.20 Å². The second-order valence-electron chi connectivity index (χ2n) is 3.30. The largest absolute Gasteiger partial charge is 0.218 e. The monoisotopic (exact) mass is 190 g/mol. The van der Waals surface area contributed by atoms with E-state index >= 15 is 0 Å². The molecule has 74 valence electrons. The first-order chi connectivity index (χ1) is 6.76. The van der Waals surface area contributed by atoms with Gasteiger partial charge in [-0.25, -0.2) is 14.5 Å². The van der Waals surface area contributed by atoms with Crippen molar-refractivity contribution in [1.82, 2.24) is 19.6 Å². The summed E-state index contributed by atoms with van der Waals surface area (Å²) in [5.74, 6) is 1.80. The summed E-state index contributed by atoms with van der Waals surface area (Å²) in [7, 11) is 0. The maximum atomic E-state index is 4.40. The standard InChI is InChI=1S/C10H14N4/c1-4-8-6-11-14-9(5-2)12-7(3)13-10(8)14/h6H,4-5H2,1-3H3. The average Bonchev–Trinajstić information content (AvgIpc) is 2.59. The van der Waals surface area contributed by atoms with Gasteiger partial charge in [0, 0.05) is 12.0 Å². The highest BCUT2D eigenvalue weighted by molar-refractivity contribution is 5.46. The third-order valence-electron chi connectivity index (χ3n) is 2.32. The van der Waals surface area contributed by atoms with Crippen LogP contribution in [0.3, 0.4) is 0 Å². The highest BCUT2D eigenvalue weighted by Crippen LogP contribution is 2.10. The van der Waals surface area contributed by atoms with Crippen LogP contribution >= 0.6 is 0 Å². The van der Waals surface area contributed by atoms with E-state index in [-0.39, 0.29) is 0 Å². The first kappa shape index (κ1) is 9.12. The molecule has 4 nitrogen and oxygen atoms in total. The molecule has 0 spiro atoms. The molecule has 14 heavy (non-hydrogen) atoms. The highest BCUT2D eigenvalue weighted by Gasteiger charge is 2.08. The van der Waals surface area contributed by atoms with E-state index in [1.54, 1.807) is 0 Å². The van der Waals surface area contributed by atoms with E-state index < -0.39 is 0 Å². The fourth-order valence-electron chi connectivity index (χ4n) is 1.57. The summed E-state index contributed by atoms with van der Waals surface area (Å²) in [4.78, 5) is 8.76. The van der Waals surface area contributed by atoms with Gasteiger partial charge in [-0.1, -0.05) is 13.8 Å². The Morgan fingerprint density at radius 1 is 1.21 bits per heavy atom. The molecular formula is C10H14N4. The molecule has 0 saturated carbocycles. The van der Waals surface area contributed by atoms with Crippen molar-refractivity contribution in [3.63, 3.8) is 0 Å². The maximum Gasteiger partial charge on any atom is 0.162 e. The lowest BCUT2D eigenvalue weighted by molar-refractivity contribution is 0.774. The fraction of sp³-hybridized carbons (Fsp3) is 0.500. The molecule has 0 aliphatic carbocycles. The second kappa shape index (κ2) is 3.36. The first-order valence-electron chi connectivity index (χ1n) is 4.96. The summed E-state index contributed by atoms with van der Waals surface area (Å²) < 4.78 is 1.84. The lowest BCUT2D eigenvalue weighted by Gasteiger charge is -2.02. The summed E-state index contributed by atoms with van der Waals surface area (Å²) in [6.07, 6.45) is 3.72. The maximum absolute atomic E-state index is 4.40. The molecule has 0 aliphatic rings. The van der Waals surface area contributed by atoms with Crippen LogP contribution in [0.1, 0.15) is 31.1 Å². The molecule has 0 atom stereocenters. The molecular weight excluding hydrogens is 176 g/mol. The van der Waals surface area contributed by atoms with E-state index in [2.05, 4.69) is 28.9 Å². The van der Waals surface area contributed by atoms with E-state index in [0.29, 0.717) is 0 Å². The minimum Gasteiger partial charge on any atom is -0.218 e. The minimum absolute atomic E-state index is 0.824. The van der Waals surface area contributed by atoms with Crippen molar-refractivity contribution in [1.29, 1.82) is 0 Å². The van der Waals surface area contributed by atoms with Crippen molar-refractivity contribution in [3.8, 4) is 0 Å². The van der Waals surface area contributed by atoms with E-state index in [1.807, 2.05) is 17.6 Å². The van der Waals surface area contributed by atoms with Crippen LogP contribution < -0.4 is 0 Å². The van der Waals surface area contributed by atoms with Gasteiger partial charge in [-0.3, -0.25) is 0 Å². The number of hydrogen-bond acceptors (Lipinski definition) is 3. The normalized spacial score (nSPS) is 11.1. The Labute approximate surface area is 83.0 Å². The van der Waals surface area contributed by atoms with Crippen molar-refractivity contribution in [3.05, 3.63) is 23.4 Å². The van der Waals surface area contributed by atoms with Gasteiger partial charge in [-0.15, -0.1) is 0 Å². The topological polar surface area (TPSA) is 43.1 Å². The number of aromatic nitrogens is 4. The van der Waals surface area contributed by atoms with Crippen LogP contribution in [0.5, 0.6) is 0 Å². The number of fused-ring (bicyclic) bond motifs is 1. The van der Waals surface area contributed by atoms with Gasteiger partial charge in [-0.2, -0.15) is 5.10 Å². The van der Waals surface area contributed by atoms with Gasteiger partial charge in [-0.05, 0) is 13.3 Å². The number of aryl methyl sites for hydroxylation is 3. The second-order valence-corrected chi connectivity index (χ2v) is 3.30. The van der Waals surface area contributed by atoms with Crippen molar-refractivity contribution in [2.75, 3.05) is 0 Å². The molecule has 0 fully saturated rings. The Bertz CT molecular complexity index is 458. The molecule has 0 unspecified atom stereocenters. The SMILES string of the molecule is CCc1cnn2c(CC)nc(C)nc12. The summed E-state index contributed by atoms with van der Waals surface area (Å²) in [5, 5.41) is 4.29. The fourth-order valence-corrected chi connectivity index (χ4v) is 1.57. The van der Waals surface area contributed by atoms with Crippen LogP contribution in [0.2, 0.25) is 0 Å². The quantitative estimate of drug-likeness (QED) is 0.721. The zero-order chi connectivity index (χ0) is 10.1. The van der Waals surface area contributed by atoms with Crippen LogP contribution in [0.4, 0.5) is 0 Å². The molecule has 2 aromatic heterocycles. The highest BCUT2D eigenvalue weighted by atomic mass is 15.3. The molecule has 0 N–H and O–H groups in total. The molecule has 0 saturated heterocycles. The Hall–Kier alpha value is -1.45. The van der Waals surface area contributed by atoms with Crippen LogP contribution in [0, 0.1) is 6.92 Å². The molecule has 0 amide bonds. The Morgan fingerprint density at radius 3 is 2.64 bits per heavy atom. The molecule has 0 aromatic carbocycles. The number of nitrogens with zero attached hydrogens (tertiary/aromatic N) is 4. The van der Waals surface area contributed by atoms with Gasteiger partial charge in [0.2, 0.25) is 0 Å². The van der Waals surface area contributed by atoms with Crippen LogP contribution in [0.25, 0.3) is 5.65 Å². The zero-order valence-corrected chi connectivity index (χ0v) is 8.78. The van der Waals surface area contributed by atoms with E-state index in [0.717, 1.165) is 30.1 Å². The summed E-state index contributed by atoms with van der Waals surface area (Å²) >= 11 is 0. The smallest absolute Gasteiger partial charge is 0.162 e. The van der Waals surface area contributed by atoms with Gasteiger partial charge >= 0.3 is 0 Å². The molecule has 0 bridgehead atoms. The van der Waals surface area contributed by atoms with Gasteiger partial charge in [0.25, 0.3) is 0 Å². The van der Waals surface area contributed by atoms with Crippen molar-refractivity contribution >= 4 is 5.65 Å². The molecule has 2 rings (SSSR count). The molecule has 2 aromatic rings. The van der Waals surface area contributed by atoms with E-state index in [1.165, 1.54) is 5.56 Å². The zero-order valence-electron chi connectivity index (χ0n) is 8.78. The lowest BCUT2D eigenvalue weighted by atomic mass is 10.3. The van der Waals surface area contributed by atoms with E-state index in [9.17, 15) is 0 Å². The Balaban J connectivity index is 2.76. The Morgan fingerprint density at radius 2 is 2.00 bits per heavy atom. The molecule has 2 heterocycles. The van der Waals surface area contributed by atoms with Crippen LogP contribution in [0.15, 0.2) is 6.20 Å². The molecule has 0 radical (unpaired) electrons. The first-order valence-corrected chi connectivity index (χ1v) is 4.96. The summed E-state index contributed by atoms with van der Waals surface area (Å²) in [6.45, 7) is 6.11. The minimum atomic E-state index is 0.824. The number of rotatable bonds is 2. The van der Waals surface area contributed by atoms with E-state index in [4.69, 9.17) is 0 Å². The van der Waals surface area contributed by atoms with Crippen LogP contribution in [-0.2, 0) is 12.8 Å². The molecule has 4 heteroatoms. The van der Waals surface area contributed by atoms with Gasteiger partial charge < -0.3 is 0 Å². The Kier molecular flexibility index (Phi) is 2.19. The molecule has 0 aliphatic heterocycles. The number of hydrogen-bond donors (Lipinski definition) is 0. The van der Waals surface area contributed by atoms with Crippen molar-refractivity contribution in [2.45, 2.75) is 33.6 Å². The van der Waals surface area contributed by atoms with Gasteiger partial charge in [0.1, 0.15) is 11.6 Å². The summed E-state index contributed by atoms with van der Waals surface area (Å²) in [6, 6.07) is 0. The van der Waals surface area contributed by atoms with Gasteiger partial charge in [0.15, 0.2) is 5.65 Å². The van der Waals surface area contributed by atoms with Crippen molar-refractivity contribution in [2.24, 2.45) is 0 Å². The van der Waals surface area contributed by atoms with Crippen LogP contribution in [-0.4, -0.2) is 19.6 Å². The predicted molar refractivity (Wildman–Crippen MR) is 54.3 cm³/mol. The summed E-state index contributed by atoms with van der Waals surface area (Å²) in [5.41, 5.74) is 2.14. The average molecular weight is 190 g/mol. The third kappa shape index (κ3) is 1.27. The van der Waals surface area contributed by atoms with Crippen molar-refractivity contribution < 1.29 is 0 Å². The lowest BCUT2D eigenvalue weighted by Crippen LogP contribution is -2.05.